The van der Waals surface area contributed by atoms with Crippen molar-refractivity contribution in [3.05, 3.63) is 34.9 Å². The Morgan fingerprint density at radius 1 is 1.27 bits per heavy atom. The summed E-state index contributed by atoms with van der Waals surface area (Å²) < 4.78 is 0. The smallest absolute Gasteiger partial charge is 0.303 e. The van der Waals surface area contributed by atoms with Crippen LogP contribution in [0.3, 0.4) is 0 Å². The maximum atomic E-state index is 12.7. The number of benzene rings is 1. The second kappa shape index (κ2) is 9.12. The van der Waals surface area contributed by atoms with Crippen LogP contribution in [-0.2, 0) is 27.3 Å². The Morgan fingerprint density at radius 2 is 2.04 bits per heavy atom. The number of primary amides is 1. The van der Waals surface area contributed by atoms with E-state index < -0.39 is 17.9 Å². The highest BCUT2D eigenvalue weighted by atomic mass is 16.4. The fourth-order valence-corrected chi connectivity index (χ4v) is 3.24. The van der Waals surface area contributed by atoms with E-state index in [-0.39, 0.29) is 25.2 Å². The zero-order chi connectivity index (χ0) is 19.1. The average Bonchev–Trinajstić information content (AvgIpc) is 2.91. The largest absolute Gasteiger partial charge is 0.481 e. The molecule has 3 N–H and O–H groups in total. The number of nitrogens with two attached hydrogens (primary N) is 1. The molecule has 1 aliphatic rings. The van der Waals surface area contributed by atoms with Gasteiger partial charge >= 0.3 is 5.97 Å². The van der Waals surface area contributed by atoms with Gasteiger partial charge in [-0.15, -0.1) is 0 Å². The molecule has 2 amide bonds. The molecule has 7 heteroatoms. The number of carbonyl (C=O) groups is 4. The van der Waals surface area contributed by atoms with Gasteiger partial charge in [0.1, 0.15) is 12.3 Å². The van der Waals surface area contributed by atoms with Crippen molar-refractivity contribution in [2.24, 2.45) is 5.73 Å². The van der Waals surface area contributed by atoms with Gasteiger partial charge in [-0.05, 0) is 42.9 Å². The van der Waals surface area contributed by atoms with Gasteiger partial charge in [-0.1, -0.05) is 18.6 Å². The molecule has 1 aliphatic heterocycles. The minimum absolute atomic E-state index is 0.174. The van der Waals surface area contributed by atoms with E-state index in [1.54, 1.807) is 0 Å². The lowest BCUT2D eigenvalue weighted by Gasteiger charge is -2.24. The third-order valence-corrected chi connectivity index (χ3v) is 4.62. The zero-order valence-electron chi connectivity index (χ0n) is 14.6. The number of fused-ring (bicyclic) bond motifs is 1. The first-order valence-corrected chi connectivity index (χ1v) is 8.81. The highest BCUT2D eigenvalue weighted by Gasteiger charge is 2.35. The standard InChI is InChI=1S/C19H24N2O5/c20-18(25)16(6-4-10-22)21-12-14-9-8-13(11-15(14)19(21)26)5-2-1-3-7-17(23)24/h8-11,16H,1-7,12H2,(H2,20,25)(H,23,24). The van der Waals surface area contributed by atoms with Gasteiger partial charge in [-0.2, -0.15) is 0 Å². The lowest BCUT2D eigenvalue weighted by molar-refractivity contribution is -0.137. The van der Waals surface area contributed by atoms with Crippen molar-refractivity contribution in [3.8, 4) is 0 Å². The molecule has 0 radical (unpaired) electrons. The fraction of sp³-hybridized carbons (Fsp3) is 0.474. The summed E-state index contributed by atoms with van der Waals surface area (Å²) >= 11 is 0. The Kier molecular flexibility index (Phi) is 6.89. The summed E-state index contributed by atoms with van der Waals surface area (Å²) in [5.41, 5.74) is 7.84. The highest BCUT2D eigenvalue weighted by molar-refractivity contribution is 6.01. The van der Waals surface area contributed by atoms with E-state index in [9.17, 15) is 19.2 Å². The van der Waals surface area contributed by atoms with Crippen LogP contribution in [0.5, 0.6) is 0 Å². The van der Waals surface area contributed by atoms with Crippen molar-refractivity contribution in [1.82, 2.24) is 4.90 Å². The second-order valence-electron chi connectivity index (χ2n) is 6.54. The first-order chi connectivity index (χ1) is 12.4. The van der Waals surface area contributed by atoms with Gasteiger partial charge in [0.15, 0.2) is 0 Å². The van der Waals surface area contributed by atoms with Crippen LogP contribution in [0, 0.1) is 0 Å². The van der Waals surface area contributed by atoms with E-state index in [0.717, 1.165) is 30.4 Å². The molecule has 0 saturated carbocycles. The Bertz CT molecular complexity index is 701. The maximum Gasteiger partial charge on any atom is 0.303 e. The lowest BCUT2D eigenvalue weighted by Crippen LogP contribution is -2.44. The normalized spacial score (nSPS) is 14.2. The first kappa shape index (κ1) is 19.6. The van der Waals surface area contributed by atoms with Gasteiger partial charge in [0.05, 0.1) is 0 Å². The van der Waals surface area contributed by atoms with Crippen molar-refractivity contribution in [3.63, 3.8) is 0 Å². The predicted octanol–water partition coefficient (Wildman–Crippen LogP) is 1.66. The molecule has 1 unspecified atom stereocenters. The SMILES string of the molecule is NC(=O)C(CCC=O)N1Cc2ccc(CCCCCC(=O)O)cc2C1=O. The Balaban J connectivity index is 2.00. The topological polar surface area (TPSA) is 118 Å². The number of aliphatic carboxylic acids is 1. The van der Waals surface area contributed by atoms with E-state index in [1.165, 1.54) is 4.90 Å². The number of carboxylic acid groups (broad SMARTS) is 1. The number of aldehydes is 1. The Labute approximate surface area is 152 Å². The van der Waals surface area contributed by atoms with E-state index in [4.69, 9.17) is 10.8 Å². The lowest BCUT2D eigenvalue weighted by atomic mass is 10.0. The molecule has 0 bridgehead atoms. The number of rotatable bonds is 11. The summed E-state index contributed by atoms with van der Waals surface area (Å²) in [6.45, 7) is 0.319. The van der Waals surface area contributed by atoms with Gasteiger partial charge in [0.2, 0.25) is 5.91 Å². The third-order valence-electron chi connectivity index (χ3n) is 4.62. The molecule has 7 nitrogen and oxygen atoms in total. The minimum Gasteiger partial charge on any atom is -0.481 e. The Hall–Kier alpha value is -2.70. The molecule has 0 spiro atoms. The number of hydrogen-bond donors (Lipinski definition) is 2. The molecule has 140 valence electrons. The highest BCUT2D eigenvalue weighted by Crippen LogP contribution is 2.27. The number of carbonyl (C=O) groups excluding carboxylic acids is 3. The van der Waals surface area contributed by atoms with E-state index >= 15 is 0 Å². The van der Waals surface area contributed by atoms with Crippen LogP contribution >= 0.6 is 0 Å². The molecule has 0 aromatic heterocycles. The Morgan fingerprint density at radius 3 is 2.69 bits per heavy atom. The van der Waals surface area contributed by atoms with Crippen LogP contribution < -0.4 is 5.73 Å². The molecule has 1 heterocycles. The van der Waals surface area contributed by atoms with Gasteiger partial charge in [-0.3, -0.25) is 14.4 Å². The van der Waals surface area contributed by atoms with Crippen molar-refractivity contribution in [1.29, 1.82) is 0 Å². The number of unbranched alkanes of at least 4 members (excludes halogenated alkanes) is 2. The minimum atomic E-state index is -0.785. The second-order valence-corrected chi connectivity index (χ2v) is 6.54. The van der Waals surface area contributed by atoms with Crippen molar-refractivity contribution < 1.29 is 24.3 Å². The molecule has 1 aromatic carbocycles. The summed E-state index contributed by atoms with van der Waals surface area (Å²) in [7, 11) is 0. The summed E-state index contributed by atoms with van der Waals surface area (Å²) in [5.74, 6) is -1.62. The van der Waals surface area contributed by atoms with Crippen LogP contribution in [0.2, 0.25) is 0 Å². The van der Waals surface area contributed by atoms with Crippen LogP contribution in [0.1, 0.15) is 60.0 Å². The monoisotopic (exact) mass is 360 g/mol. The molecular weight excluding hydrogens is 336 g/mol. The third kappa shape index (κ3) is 4.91. The van der Waals surface area contributed by atoms with E-state index in [1.807, 2.05) is 18.2 Å². The number of carboxylic acids is 1. The van der Waals surface area contributed by atoms with Crippen molar-refractivity contribution in [2.75, 3.05) is 0 Å². The number of nitrogens with zero attached hydrogens (tertiary/aromatic N) is 1. The molecular formula is C19H24N2O5. The van der Waals surface area contributed by atoms with Gasteiger partial charge in [0.25, 0.3) is 5.91 Å². The molecule has 2 rings (SSSR count). The summed E-state index contributed by atoms with van der Waals surface area (Å²) in [6, 6.07) is 4.90. The van der Waals surface area contributed by atoms with Crippen LogP contribution in [-0.4, -0.2) is 40.1 Å². The number of amides is 2. The van der Waals surface area contributed by atoms with Crippen LogP contribution in [0.25, 0.3) is 0 Å². The molecule has 0 fully saturated rings. The molecule has 0 aliphatic carbocycles. The summed E-state index contributed by atoms with van der Waals surface area (Å²) in [6.07, 6.45) is 4.38. The quantitative estimate of drug-likeness (QED) is 0.460. The molecule has 0 saturated heterocycles. The molecule has 26 heavy (non-hydrogen) atoms. The summed E-state index contributed by atoms with van der Waals surface area (Å²) in [5, 5.41) is 8.63. The van der Waals surface area contributed by atoms with Gasteiger partial charge < -0.3 is 20.5 Å². The van der Waals surface area contributed by atoms with Gasteiger partial charge in [-0.25, -0.2) is 0 Å². The van der Waals surface area contributed by atoms with Crippen LogP contribution in [0.15, 0.2) is 18.2 Å². The van der Waals surface area contributed by atoms with Crippen molar-refractivity contribution >= 4 is 24.1 Å². The zero-order valence-corrected chi connectivity index (χ0v) is 14.6. The maximum absolute atomic E-state index is 12.7. The summed E-state index contributed by atoms with van der Waals surface area (Å²) in [4.78, 5) is 46.9. The number of hydrogen-bond acceptors (Lipinski definition) is 4. The first-order valence-electron chi connectivity index (χ1n) is 8.81. The fourth-order valence-electron chi connectivity index (χ4n) is 3.24. The van der Waals surface area contributed by atoms with Gasteiger partial charge in [0, 0.05) is 24.9 Å². The van der Waals surface area contributed by atoms with E-state index in [2.05, 4.69) is 0 Å². The van der Waals surface area contributed by atoms with Crippen LogP contribution in [0.4, 0.5) is 0 Å². The van der Waals surface area contributed by atoms with E-state index in [0.29, 0.717) is 24.8 Å². The van der Waals surface area contributed by atoms with Crippen molar-refractivity contribution in [2.45, 2.75) is 57.5 Å². The number of aryl methyl sites for hydroxylation is 1. The average molecular weight is 360 g/mol. The molecule has 1 atom stereocenters. The molecule has 1 aromatic rings. The predicted molar refractivity (Wildman–Crippen MR) is 94.4 cm³/mol.